The summed E-state index contributed by atoms with van der Waals surface area (Å²) in [6, 6.07) is 7.93. The molecule has 1 aromatic heterocycles. The molecule has 4 nitrogen and oxygen atoms in total. The number of halogens is 2. The Morgan fingerprint density at radius 2 is 2.22 bits per heavy atom. The quantitative estimate of drug-likeness (QED) is 0.894. The maximum absolute atomic E-state index is 12.2. The molecule has 0 saturated carbocycles. The number of pyridine rings is 1. The van der Waals surface area contributed by atoms with Crippen molar-refractivity contribution in [3.05, 3.63) is 45.3 Å². The zero-order chi connectivity index (χ0) is 15.5. The molecule has 2 heterocycles. The van der Waals surface area contributed by atoms with Crippen LogP contribution < -0.4 is 5.56 Å². The Balaban J connectivity index is 0.00000192. The summed E-state index contributed by atoms with van der Waals surface area (Å²) in [5.41, 5.74) is 0.874. The average molecular weight is 357 g/mol. The molecule has 0 aliphatic carbocycles. The molecule has 0 bridgehead atoms. The zero-order valence-electron chi connectivity index (χ0n) is 13.2. The number of ether oxygens (including phenoxy) is 1. The summed E-state index contributed by atoms with van der Waals surface area (Å²) in [6.45, 7) is 2.81. The first kappa shape index (κ1) is 18.3. The third-order valence-corrected chi connectivity index (χ3v) is 4.75. The molecule has 0 radical (unpaired) electrons. The van der Waals surface area contributed by atoms with E-state index in [1.807, 2.05) is 12.1 Å². The van der Waals surface area contributed by atoms with E-state index in [0.29, 0.717) is 16.5 Å². The molecule has 1 aliphatic rings. The molecule has 23 heavy (non-hydrogen) atoms. The van der Waals surface area contributed by atoms with Crippen LogP contribution in [-0.2, 0) is 11.2 Å². The summed E-state index contributed by atoms with van der Waals surface area (Å²) in [5.74, 6) is 0. The molecule has 3 rings (SSSR count). The van der Waals surface area contributed by atoms with E-state index in [1.165, 1.54) is 12.8 Å². The molecule has 1 aliphatic heterocycles. The molecule has 1 saturated heterocycles. The second-order valence-corrected chi connectivity index (χ2v) is 6.27. The maximum Gasteiger partial charge on any atom is 0.256 e. The van der Waals surface area contributed by atoms with E-state index in [2.05, 4.69) is 9.88 Å². The van der Waals surface area contributed by atoms with E-state index in [1.54, 1.807) is 19.2 Å². The van der Waals surface area contributed by atoms with Gasteiger partial charge < -0.3 is 9.72 Å². The average Bonchev–Trinajstić information content (AvgIpc) is 2.94. The summed E-state index contributed by atoms with van der Waals surface area (Å²) in [7, 11) is 1.75. The summed E-state index contributed by atoms with van der Waals surface area (Å²) >= 11 is 6.21. The van der Waals surface area contributed by atoms with Crippen LogP contribution in [0.5, 0.6) is 0 Å². The van der Waals surface area contributed by atoms with Gasteiger partial charge in [0, 0.05) is 47.6 Å². The van der Waals surface area contributed by atoms with Crippen LogP contribution in [0.3, 0.4) is 0 Å². The van der Waals surface area contributed by atoms with Crippen molar-refractivity contribution in [2.45, 2.75) is 25.3 Å². The van der Waals surface area contributed by atoms with Gasteiger partial charge in [0.25, 0.3) is 5.56 Å². The van der Waals surface area contributed by atoms with Crippen LogP contribution in [0, 0.1) is 0 Å². The van der Waals surface area contributed by atoms with E-state index in [0.717, 1.165) is 37.2 Å². The van der Waals surface area contributed by atoms with Crippen LogP contribution in [0.4, 0.5) is 0 Å². The Bertz CT molecular complexity index is 717. The second kappa shape index (κ2) is 8.15. The number of aromatic amines is 1. The molecule has 6 heteroatoms. The molecule has 0 spiro atoms. The second-order valence-electron chi connectivity index (χ2n) is 5.86. The van der Waals surface area contributed by atoms with E-state index in [9.17, 15) is 4.79 Å². The molecular formula is C17H22Cl2N2O2. The monoisotopic (exact) mass is 356 g/mol. The maximum atomic E-state index is 12.2. The summed E-state index contributed by atoms with van der Waals surface area (Å²) in [4.78, 5) is 17.6. The number of likely N-dealkylation sites (tertiary alicyclic amines) is 1. The van der Waals surface area contributed by atoms with Gasteiger partial charge in [-0.05, 0) is 37.6 Å². The normalized spacial score (nSPS) is 18.3. The Labute approximate surface area is 147 Å². The van der Waals surface area contributed by atoms with Crippen molar-refractivity contribution in [2.24, 2.45) is 0 Å². The number of rotatable bonds is 5. The standard InChI is InChI=1S/C17H21ClN2O2.ClH/c1-22-11-13-4-3-8-20(13)9-7-12-10-15-14(17(21)19-12)5-2-6-16(15)18;/h2,5-6,10,13H,3-4,7-9,11H2,1H3,(H,19,21);1H. The highest BCUT2D eigenvalue weighted by Crippen LogP contribution is 2.22. The summed E-state index contributed by atoms with van der Waals surface area (Å²) < 4.78 is 5.28. The van der Waals surface area contributed by atoms with Gasteiger partial charge in [-0.1, -0.05) is 17.7 Å². The molecular weight excluding hydrogens is 335 g/mol. The van der Waals surface area contributed by atoms with Gasteiger partial charge in [-0.3, -0.25) is 9.69 Å². The fourth-order valence-corrected chi connectivity index (χ4v) is 3.50. The lowest BCUT2D eigenvalue weighted by molar-refractivity contribution is 0.116. The largest absolute Gasteiger partial charge is 0.383 e. The predicted molar refractivity (Wildman–Crippen MR) is 97.0 cm³/mol. The van der Waals surface area contributed by atoms with Crippen LogP contribution in [0.15, 0.2) is 29.1 Å². The van der Waals surface area contributed by atoms with Crippen molar-refractivity contribution in [1.29, 1.82) is 0 Å². The molecule has 1 N–H and O–H groups in total. The lowest BCUT2D eigenvalue weighted by Gasteiger charge is -2.23. The minimum atomic E-state index is -0.0649. The summed E-state index contributed by atoms with van der Waals surface area (Å²) in [6.07, 6.45) is 3.22. The summed E-state index contributed by atoms with van der Waals surface area (Å²) in [5, 5.41) is 2.11. The molecule has 1 fully saturated rings. The van der Waals surface area contributed by atoms with Crippen LogP contribution in [0.2, 0.25) is 5.02 Å². The van der Waals surface area contributed by atoms with Crippen molar-refractivity contribution in [1.82, 2.24) is 9.88 Å². The Morgan fingerprint density at radius 3 is 3.00 bits per heavy atom. The van der Waals surface area contributed by atoms with Gasteiger partial charge in [0.15, 0.2) is 0 Å². The Hall–Kier alpha value is -1.07. The van der Waals surface area contributed by atoms with E-state index in [-0.39, 0.29) is 18.0 Å². The number of nitrogens with zero attached hydrogens (tertiary/aromatic N) is 1. The third-order valence-electron chi connectivity index (χ3n) is 4.42. The fourth-order valence-electron chi connectivity index (χ4n) is 3.27. The lowest BCUT2D eigenvalue weighted by atomic mass is 10.1. The first-order valence-corrected chi connectivity index (χ1v) is 8.10. The van der Waals surface area contributed by atoms with Gasteiger partial charge in [0.1, 0.15) is 0 Å². The van der Waals surface area contributed by atoms with E-state index < -0.39 is 0 Å². The minimum absolute atomic E-state index is 0. The Kier molecular flexibility index (Phi) is 6.48. The van der Waals surface area contributed by atoms with E-state index >= 15 is 0 Å². The van der Waals surface area contributed by atoms with Gasteiger partial charge in [-0.15, -0.1) is 12.4 Å². The smallest absolute Gasteiger partial charge is 0.256 e. The number of aromatic nitrogens is 1. The van der Waals surface area contributed by atoms with Gasteiger partial charge in [0.2, 0.25) is 0 Å². The first-order valence-electron chi connectivity index (χ1n) is 7.72. The molecule has 2 aromatic rings. The number of methoxy groups -OCH3 is 1. The van der Waals surface area contributed by atoms with E-state index in [4.69, 9.17) is 16.3 Å². The number of hydrogen-bond acceptors (Lipinski definition) is 3. The number of fused-ring (bicyclic) bond motifs is 1. The molecule has 1 aromatic carbocycles. The van der Waals surface area contributed by atoms with Crippen LogP contribution >= 0.6 is 24.0 Å². The van der Waals surface area contributed by atoms with Crippen LogP contribution in [0.1, 0.15) is 18.5 Å². The van der Waals surface area contributed by atoms with Gasteiger partial charge in [0.05, 0.1) is 6.61 Å². The minimum Gasteiger partial charge on any atom is -0.383 e. The van der Waals surface area contributed by atoms with Crippen molar-refractivity contribution >= 4 is 34.8 Å². The lowest BCUT2D eigenvalue weighted by Crippen LogP contribution is -2.34. The van der Waals surface area contributed by atoms with Gasteiger partial charge in [-0.2, -0.15) is 0 Å². The highest BCUT2D eigenvalue weighted by atomic mass is 35.5. The third kappa shape index (κ3) is 4.07. The molecule has 126 valence electrons. The predicted octanol–water partition coefficient (Wildman–Crippen LogP) is 3.26. The van der Waals surface area contributed by atoms with Crippen LogP contribution in [0.25, 0.3) is 10.8 Å². The van der Waals surface area contributed by atoms with Gasteiger partial charge in [-0.25, -0.2) is 0 Å². The number of nitrogens with one attached hydrogen (secondary N) is 1. The molecule has 1 unspecified atom stereocenters. The van der Waals surface area contributed by atoms with Crippen molar-refractivity contribution in [2.75, 3.05) is 26.8 Å². The van der Waals surface area contributed by atoms with Gasteiger partial charge >= 0.3 is 0 Å². The molecule has 0 amide bonds. The Morgan fingerprint density at radius 1 is 1.39 bits per heavy atom. The number of H-pyrrole nitrogens is 1. The van der Waals surface area contributed by atoms with Crippen LogP contribution in [-0.4, -0.2) is 42.7 Å². The van der Waals surface area contributed by atoms with Crippen molar-refractivity contribution < 1.29 is 4.74 Å². The SMILES string of the molecule is COCC1CCCN1CCc1cc2c(Cl)cccc2c(=O)[nH]1.Cl. The number of hydrogen-bond donors (Lipinski definition) is 1. The van der Waals surface area contributed by atoms with Crippen molar-refractivity contribution in [3.8, 4) is 0 Å². The topological polar surface area (TPSA) is 45.3 Å². The molecule has 1 atom stereocenters. The highest BCUT2D eigenvalue weighted by Gasteiger charge is 2.23. The van der Waals surface area contributed by atoms with Crippen molar-refractivity contribution in [3.63, 3.8) is 0 Å². The number of benzene rings is 1. The zero-order valence-corrected chi connectivity index (χ0v) is 14.8. The fraction of sp³-hybridized carbons (Fsp3) is 0.471. The highest BCUT2D eigenvalue weighted by molar-refractivity contribution is 6.35. The first-order chi connectivity index (χ1) is 10.7.